The molecular weight excluding hydrogens is 246 g/mol. The van der Waals surface area contributed by atoms with Gasteiger partial charge in [-0.15, -0.1) is 0 Å². The highest BCUT2D eigenvalue weighted by molar-refractivity contribution is 5.27. The number of methoxy groups -OCH3 is 1. The van der Waals surface area contributed by atoms with Crippen molar-refractivity contribution in [2.24, 2.45) is 11.8 Å². The van der Waals surface area contributed by atoms with Crippen LogP contribution in [0.1, 0.15) is 45.1 Å². The summed E-state index contributed by atoms with van der Waals surface area (Å²) in [6, 6.07) is 9.19. The molecule has 1 N–H and O–H groups in total. The molecule has 0 aromatic heterocycles. The average Bonchev–Trinajstić information content (AvgIpc) is 2.90. The summed E-state index contributed by atoms with van der Waals surface area (Å²) in [5.74, 6) is 2.65. The molecule has 1 saturated carbocycles. The Morgan fingerprint density at radius 1 is 1.25 bits per heavy atom. The molecule has 0 aliphatic heterocycles. The highest BCUT2D eigenvalue weighted by atomic mass is 16.5. The van der Waals surface area contributed by atoms with Crippen LogP contribution in [0.5, 0.6) is 5.75 Å². The van der Waals surface area contributed by atoms with E-state index in [1.807, 2.05) is 0 Å². The first-order valence-corrected chi connectivity index (χ1v) is 8.11. The van der Waals surface area contributed by atoms with Crippen LogP contribution < -0.4 is 10.1 Å². The zero-order valence-corrected chi connectivity index (χ0v) is 13.2. The van der Waals surface area contributed by atoms with Gasteiger partial charge in [-0.25, -0.2) is 0 Å². The van der Waals surface area contributed by atoms with E-state index in [1.165, 1.54) is 31.2 Å². The first-order valence-electron chi connectivity index (χ1n) is 8.11. The normalized spacial score (nSPS) is 23.8. The molecule has 1 aliphatic rings. The Bertz CT molecular complexity index is 387. The van der Waals surface area contributed by atoms with Crippen molar-refractivity contribution in [1.29, 1.82) is 0 Å². The monoisotopic (exact) mass is 275 g/mol. The molecule has 0 bridgehead atoms. The summed E-state index contributed by atoms with van der Waals surface area (Å²) < 4.78 is 5.24. The SMILES string of the molecule is CCCNC(Cc1ccc(OC)cc1)C1CCCC1C. The lowest BCUT2D eigenvalue weighted by Crippen LogP contribution is -2.39. The number of rotatable bonds is 7. The minimum Gasteiger partial charge on any atom is -0.497 e. The summed E-state index contributed by atoms with van der Waals surface area (Å²) in [7, 11) is 1.72. The third-order valence-electron chi connectivity index (χ3n) is 4.72. The van der Waals surface area contributed by atoms with Crippen LogP contribution in [0.25, 0.3) is 0 Å². The van der Waals surface area contributed by atoms with Crippen LogP contribution in [0.4, 0.5) is 0 Å². The standard InChI is InChI=1S/C18H29NO/c1-4-12-19-18(17-7-5-6-14(17)2)13-15-8-10-16(20-3)11-9-15/h8-11,14,17-19H,4-7,12-13H2,1-3H3. The van der Waals surface area contributed by atoms with Crippen molar-refractivity contribution in [3.05, 3.63) is 29.8 Å². The number of ether oxygens (including phenoxy) is 1. The number of nitrogens with one attached hydrogen (secondary N) is 1. The van der Waals surface area contributed by atoms with Crippen LogP contribution in [-0.4, -0.2) is 19.7 Å². The van der Waals surface area contributed by atoms with E-state index < -0.39 is 0 Å². The molecule has 1 aromatic carbocycles. The third-order valence-corrected chi connectivity index (χ3v) is 4.72. The molecule has 0 heterocycles. The van der Waals surface area contributed by atoms with Gasteiger partial charge in [0.15, 0.2) is 0 Å². The predicted molar refractivity (Wildman–Crippen MR) is 85.3 cm³/mol. The lowest BCUT2D eigenvalue weighted by atomic mass is 9.86. The Kier molecular flexibility index (Phi) is 5.90. The Morgan fingerprint density at radius 3 is 2.55 bits per heavy atom. The molecule has 1 fully saturated rings. The van der Waals surface area contributed by atoms with E-state index in [0.29, 0.717) is 6.04 Å². The lowest BCUT2D eigenvalue weighted by Gasteiger charge is -2.28. The summed E-state index contributed by atoms with van der Waals surface area (Å²) in [6.45, 7) is 5.80. The van der Waals surface area contributed by atoms with Crippen molar-refractivity contribution in [3.8, 4) is 5.75 Å². The van der Waals surface area contributed by atoms with E-state index in [1.54, 1.807) is 7.11 Å². The van der Waals surface area contributed by atoms with E-state index >= 15 is 0 Å². The fraction of sp³-hybridized carbons (Fsp3) is 0.667. The minimum atomic E-state index is 0.626. The fourth-order valence-electron chi connectivity index (χ4n) is 3.49. The van der Waals surface area contributed by atoms with Crippen molar-refractivity contribution in [3.63, 3.8) is 0 Å². The minimum absolute atomic E-state index is 0.626. The molecule has 2 rings (SSSR count). The molecule has 0 saturated heterocycles. The first-order chi connectivity index (χ1) is 9.74. The van der Waals surface area contributed by atoms with E-state index in [-0.39, 0.29) is 0 Å². The second kappa shape index (κ2) is 7.68. The van der Waals surface area contributed by atoms with Gasteiger partial charge in [-0.3, -0.25) is 0 Å². The zero-order chi connectivity index (χ0) is 14.4. The molecule has 112 valence electrons. The van der Waals surface area contributed by atoms with Crippen molar-refractivity contribution in [2.75, 3.05) is 13.7 Å². The molecule has 2 nitrogen and oxygen atoms in total. The largest absolute Gasteiger partial charge is 0.497 e. The number of benzene rings is 1. The summed E-state index contributed by atoms with van der Waals surface area (Å²) in [4.78, 5) is 0. The maximum absolute atomic E-state index is 5.24. The fourth-order valence-corrected chi connectivity index (χ4v) is 3.49. The van der Waals surface area contributed by atoms with Gasteiger partial charge in [0.25, 0.3) is 0 Å². The van der Waals surface area contributed by atoms with E-state index in [2.05, 4.69) is 43.4 Å². The Balaban J connectivity index is 2.01. The van der Waals surface area contributed by atoms with E-state index in [9.17, 15) is 0 Å². The van der Waals surface area contributed by atoms with Crippen LogP contribution in [0.2, 0.25) is 0 Å². The molecule has 2 heteroatoms. The van der Waals surface area contributed by atoms with Gasteiger partial charge in [0.05, 0.1) is 7.11 Å². The molecule has 3 unspecified atom stereocenters. The van der Waals surface area contributed by atoms with E-state index in [0.717, 1.165) is 30.6 Å². The molecule has 1 aromatic rings. The van der Waals surface area contributed by atoms with Gasteiger partial charge in [-0.1, -0.05) is 38.8 Å². The first kappa shape index (κ1) is 15.4. The van der Waals surface area contributed by atoms with E-state index in [4.69, 9.17) is 4.74 Å². The number of hydrogen-bond donors (Lipinski definition) is 1. The van der Waals surface area contributed by atoms with Gasteiger partial charge in [0.1, 0.15) is 5.75 Å². The van der Waals surface area contributed by atoms with Gasteiger partial charge in [-0.05, 0) is 55.3 Å². The molecule has 20 heavy (non-hydrogen) atoms. The maximum atomic E-state index is 5.24. The van der Waals surface area contributed by atoms with Crippen LogP contribution in [0.15, 0.2) is 24.3 Å². The zero-order valence-electron chi connectivity index (χ0n) is 13.2. The van der Waals surface area contributed by atoms with Crippen LogP contribution >= 0.6 is 0 Å². The molecule has 3 atom stereocenters. The second-order valence-electron chi connectivity index (χ2n) is 6.18. The topological polar surface area (TPSA) is 21.3 Å². The number of hydrogen-bond acceptors (Lipinski definition) is 2. The predicted octanol–water partition coefficient (Wildman–Crippen LogP) is 4.04. The summed E-state index contributed by atoms with van der Waals surface area (Å²) in [5.41, 5.74) is 1.42. The van der Waals surface area contributed by atoms with Crippen molar-refractivity contribution >= 4 is 0 Å². The lowest BCUT2D eigenvalue weighted by molar-refractivity contribution is 0.295. The Hall–Kier alpha value is -1.02. The highest BCUT2D eigenvalue weighted by Gasteiger charge is 2.30. The smallest absolute Gasteiger partial charge is 0.118 e. The van der Waals surface area contributed by atoms with Crippen molar-refractivity contribution in [2.45, 2.75) is 52.0 Å². The summed E-state index contributed by atoms with van der Waals surface area (Å²) >= 11 is 0. The Labute approximate surface area is 123 Å². The quantitative estimate of drug-likeness (QED) is 0.811. The Morgan fingerprint density at radius 2 is 2.00 bits per heavy atom. The third kappa shape index (κ3) is 3.99. The second-order valence-corrected chi connectivity index (χ2v) is 6.18. The summed E-state index contributed by atoms with van der Waals surface area (Å²) in [5, 5.41) is 3.79. The van der Waals surface area contributed by atoms with Crippen molar-refractivity contribution < 1.29 is 4.74 Å². The van der Waals surface area contributed by atoms with Gasteiger partial charge < -0.3 is 10.1 Å². The van der Waals surface area contributed by atoms with Gasteiger partial charge in [0.2, 0.25) is 0 Å². The molecule has 0 amide bonds. The molecular formula is C18H29NO. The molecule has 1 aliphatic carbocycles. The van der Waals surface area contributed by atoms with Crippen LogP contribution in [0, 0.1) is 11.8 Å². The van der Waals surface area contributed by atoms with Crippen LogP contribution in [0.3, 0.4) is 0 Å². The van der Waals surface area contributed by atoms with Crippen molar-refractivity contribution in [1.82, 2.24) is 5.32 Å². The summed E-state index contributed by atoms with van der Waals surface area (Å²) in [6.07, 6.45) is 6.54. The molecule has 0 radical (unpaired) electrons. The average molecular weight is 275 g/mol. The molecule has 0 spiro atoms. The van der Waals surface area contributed by atoms with Gasteiger partial charge in [0, 0.05) is 6.04 Å². The van der Waals surface area contributed by atoms with Crippen LogP contribution in [-0.2, 0) is 6.42 Å². The van der Waals surface area contributed by atoms with Gasteiger partial charge >= 0.3 is 0 Å². The highest BCUT2D eigenvalue weighted by Crippen LogP contribution is 2.34. The van der Waals surface area contributed by atoms with Gasteiger partial charge in [-0.2, -0.15) is 0 Å². The maximum Gasteiger partial charge on any atom is 0.118 e.